The second kappa shape index (κ2) is 9.29. The molecule has 1 aromatic heterocycles. The summed E-state index contributed by atoms with van der Waals surface area (Å²) < 4.78 is 0. The number of carbonyl (C=O) groups excluding carboxylic acids is 2. The van der Waals surface area contributed by atoms with E-state index in [1.165, 1.54) is 23.6 Å². The van der Waals surface area contributed by atoms with Crippen LogP contribution in [-0.2, 0) is 4.79 Å². The third-order valence-corrected chi connectivity index (χ3v) is 4.48. The van der Waals surface area contributed by atoms with Gasteiger partial charge < -0.3 is 10.4 Å². The van der Waals surface area contributed by atoms with Crippen molar-refractivity contribution in [2.45, 2.75) is 0 Å². The van der Waals surface area contributed by atoms with Crippen molar-refractivity contribution >= 4 is 35.4 Å². The van der Waals surface area contributed by atoms with E-state index in [2.05, 4.69) is 15.8 Å². The van der Waals surface area contributed by atoms with Gasteiger partial charge in [-0.1, -0.05) is 36.4 Å². The molecule has 0 aliphatic rings. The van der Waals surface area contributed by atoms with E-state index in [0.29, 0.717) is 11.1 Å². The van der Waals surface area contributed by atoms with Crippen LogP contribution in [0.25, 0.3) is 6.08 Å². The molecule has 0 fully saturated rings. The number of benzene rings is 2. The van der Waals surface area contributed by atoms with Crippen molar-refractivity contribution in [3.05, 3.63) is 93.8 Å². The number of aromatic hydroxyl groups is 1. The number of phenols is 1. The summed E-state index contributed by atoms with van der Waals surface area (Å²) in [5, 5.41) is 18.1. The van der Waals surface area contributed by atoms with E-state index in [9.17, 15) is 14.7 Å². The zero-order valence-electron chi connectivity index (χ0n) is 14.7. The molecule has 3 rings (SSSR count). The van der Waals surface area contributed by atoms with E-state index in [-0.39, 0.29) is 11.4 Å². The minimum Gasteiger partial charge on any atom is -0.507 e. The first-order valence-electron chi connectivity index (χ1n) is 8.36. The molecule has 0 radical (unpaired) electrons. The Morgan fingerprint density at radius 3 is 2.43 bits per heavy atom. The molecule has 28 heavy (non-hydrogen) atoms. The quantitative estimate of drug-likeness (QED) is 0.342. The number of para-hydroxylation sites is 1. The Morgan fingerprint density at radius 2 is 1.71 bits per heavy atom. The van der Waals surface area contributed by atoms with Gasteiger partial charge in [-0.2, -0.15) is 5.10 Å². The molecule has 2 aromatic carbocycles. The first-order valence-corrected chi connectivity index (χ1v) is 9.24. The van der Waals surface area contributed by atoms with Gasteiger partial charge in [0.25, 0.3) is 11.8 Å². The van der Waals surface area contributed by atoms with Crippen molar-refractivity contribution in [1.29, 1.82) is 0 Å². The third kappa shape index (κ3) is 5.15. The lowest BCUT2D eigenvalue weighted by molar-refractivity contribution is -0.117. The highest BCUT2D eigenvalue weighted by Gasteiger charge is 2.14. The molecule has 0 bridgehead atoms. The van der Waals surface area contributed by atoms with Gasteiger partial charge in [-0.3, -0.25) is 9.59 Å². The zero-order valence-corrected chi connectivity index (χ0v) is 15.5. The summed E-state index contributed by atoms with van der Waals surface area (Å²) in [5.74, 6) is -0.931. The standard InChI is InChI=1S/C21H17N3O3S/c25-19-11-5-4-9-16(19)14-22-24-21(27)18(13-17-10-6-12-28-17)23-20(26)15-7-2-1-3-8-15/h1-14,25H,(H,23,26)(H,24,27)/b18-13+,22-14-. The van der Waals surface area contributed by atoms with Crippen LogP contribution in [0.2, 0.25) is 0 Å². The number of nitrogens with one attached hydrogen (secondary N) is 2. The van der Waals surface area contributed by atoms with Crippen molar-refractivity contribution in [3.63, 3.8) is 0 Å². The van der Waals surface area contributed by atoms with Crippen LogP contribution in [0.5, 0.6) is 5.75 Å². The Kier molecular flexibility index (Phi) is 6.33. The highest BCUT2D eigenvalue weighted by molar-refractivity contribution is 7.10. The molecule has 7 heteroatoms. The van der Waals surface area contributed by atoms with Crippen LogP contribution in [0.1, 0.15) is 20.8 Å². The van der Waals surface area contributed by atoms with Gasteiger partial charge in [0.1, 0.15) is 11.4 Å². The van der Waals surface area contributed by atoms with Crippen molar-refractivity contribution in [2.24, 2.45) is 5.10 Å². The summed E-state index contributed by atoms with van der Waals surface area (Å²) in [5.41, 5.74) is 3.32. The number of hydrogen-bond acceptors (Lipinski definition) is 5. The Morgan fingerprint density at radius 1 is 0.964 bits per heavy atom. The molecule has 0 saturated carbocycles. The number of carbonyl (C=O) groups is 2. The van der Waals surface area contributed by atoms with Gasteiger partial charge >= 0.3 is 0 Å². The van der Waals surface area contributed by atoms with E-state index in [0.717, 1.165) is 4.88 Å². The van der Waals surface area contributed by atoms with E-state index >= 15 is 0 Å². The number of rotatable bonds is 6. The summed E-state index contributed by atoms with van der Waals surface area (Å²) in [6.45, 7) is 0. The van der Waals surface area contributed by atoms with Crippen molar-refractivity contribution in [3.8, 4) is 5.75 Å². The van der Waals surface area contributed by atoms with E-state index in [4.69, 9.17) is 0 Å². The Balaban J connectivity index is 1.76. The van der Waals surface area contributed by atoms with Gasteiger partial charge in [0.15, 0.2) is 0 Å². The molecule has 140 valence electrons. The summed E-state index contributed by atoms with van der Waals surface area (Å²) in [7, 11) is 0. The molecule has 2 amide bonds. The Bertz CT molecular complexity index is 1010. The smallest absolute Gasteiger partial charge is 0.287 e. The zero-order chi connectivity index (χ0) is 19.8. The second-order valence-corrected chi connectivity index (χ2v) is 6.63. The number of amides is 2. The fraction of sp³-hybridized carbons (Fsp3) is 0. The number of nitrogens with zero attached hydrogens (tertiary/aromatic N) is 1. The van der Waals surface area contributed by atoms with E-state index < -0.39 is 11.8 Å². The maximum Gasteiger partial charge on any atom is 0.287 e. The SMILES string of the molecule is O=C(N/N=C\c1ccccc1O)/C(=C\c1cccs1)NC(=O)c1ccccc1. The largest absolute Gasteiger partial charge is 0.507 e. The topological polar surface area (TPSA) is 90.8 Å². The van der Waals surface area contributed by atoms with Crippen LogP contribution in [0.15, 0.2) is 82.9 Å². The number of hydrogen-bond donors (Lipinski definition) is 3. The molecule has 0 saturated heterocycles. The van der Waals surface area contributed by atoms with Crippen molar-refractivity contribution in [2.75, 3.05) is 0 Å². The number of thiophene rings is 1. The predicted octanol–water partition coefficient (Wildman–Crippen LogP) is 3.37. The minimum absolute atomic E-state index is 0.0484. The van der Waals surface area contributed by atoms with Crippen molar-refractivity contribution < 1.29 is 14.7 Å². The second-order valence-electron chi connectivity index (χ2n) is 5.65. The van der Waals surface area contributed by atoms with Crippen LogP contribution < -0.4 is 10.7 Å². The molecular weight excluding hydrogens is 374 g/mol. The van der Waals surface area contributed by atoms with E-state index in [1.54, 1.807) is 54.6 Å². The Labute approximate surface area is 165 Å². The molecule has 3 N–H and O–H groups in total. The average molecular weight is 391 g/mol. The molecule has 0 unspecified atom stereocenters. The van der Waals surface area contributed by atoms with Gasteiger partial charge in [0.2, 0.25) is 0 Å². The van der Waals surface area contributed by atoms with Crippen LogP contribution in [-0.4, -0.2) is 23.1 Å². The first kappa shape index (κ1) is 19.1. The Hall–Kier alpha value is -3.71. The van der Waals surface area contributed by atoms with Gasteiger partial charge in [-0.15, -0.1) is 11.3 Å². The molecule has 1 heterocycles. The molecule has 0 aliphatic carbocycles. The summed E-state index contributed by atoms with van der Waals surface area (Å²) >= 11 is 1.44. The average Bonchev–Trinajstić information content (AvgIpc) is 3.22. The van der Waals surface area contributed by atoms with Gasteiger partial charge in [0, 0.05) is 16.0 Å². The van der Waals surface area contributed by atoms with Crippen LogP contribution >= 0.6 is 11.3 Å². The molecule has 0 atom stereocenters. The predicted molar refractivity (Wildman–Crippen MR) is 110 cm³/mol. The summed E-state index contributed by atoms with van der Waals surface area (Å²) in [4.78, 5) is 25.8. The fourth-order valence-corrected chi connectivity index (χ4v) is 2.93. The van der Waals surface area contributed by atoms with Gasteiger partial charge in [-0.25, -0.2) is 5.43 Å². The number of hydrazone groups is 1. The molecule has 6 nitrogen and oxygen atoms in total. The highest BCUT2D eigenvalue weighted by Crippen LogP contribution is 2.14. The maximum atomic E-state index is 12.5. The fourth-order valence-electron chi connectivity index (χ4n) is 2.28. The van der Waals surface area contributed by atoms with Crippen molar-refractivity contribution in [1.82, 2.24) is 10.7 Å². The van der Waals surface area contributed by atoms with Crippen LogP contribution in [0.4, 0.5) is 0 Å². The van der Waals surface area contributed by atoms with E-state index in [1.807, 2.05) is 17.5 Å². The maximum absolute atomic E-state index is 12.5. The lowest BCUT2D eigenvalue weighted by Crippen LogP contribution is -2.32. The lowest BCUT2D eigenvalue weighted by atomic mass is 10.2. The van der Waals surface area contributed by atoms with Gasteiger partial charge in [0.05, 0.1) is 6.21 Å². The number of phenolic OH excluding ortho intramolecular Hbond substituents is 1. The minimum atomic E-state index is -0.579. The monoisotopic (exact) mass is 391 g/mol. The van der Waals surface area contributed by atoms with Crippen LogP contribution in [0.3, 0.4) is 0 Å². The molecule has 3 aromatic rings. The summed E-state index contributed by atoms with van der Waals surface area (Å²) in [6, 6.07) is 18.9. The van der Waals surface area contributed by atoms with Crippen LogP contribution in [0, 0.1) is 0 Å². The summed E-state index contributed by atoms with van der Waals surface area (Å²) in [6.07, 6.45) is 2.91. The molecular formula is C21H17N3O3S. The lowest BCUT2D eigenvalue weighted by Gasteiger charge is -2.08. The molecule has 0 aliphatic heterocycles. The third-order valence-electron chi connectivity index (χ3n) is 3.67. The first-order chi connectivity index (χ1) is 13.6. The molecule has 0 spiro atoms. The normalized spacial score (nSPS) is 11.4. The van der Waals surface area contributed by atoms with Gasteiger partial charge in [-0.05, 0) is 41.8 Å². The highest BCUT2D eigenvalue weighted by atomic mass is 32.1.